The molecule has 27 heavy (non-hydrogen) atoms. The van der Waals surface area contributed by atoms with Crippen LogP contribution in [0.3, 0.4) is 0 Å². The van der Waals surface area contributed by atoms with E-state index in [1.807, 2.05) is 36.1 Å². The van der Waals surface area contributed by atoms with E-state index < -0.39 is 0 Å². The zero-order valence-corrected chi connectivity index (χ0v) is 16.3. The van der Waals surface area contributed by atoms with Gasteiger partial charge in [-0.1, -0.05) is 12.1 Å². The summed E-state index contributed by atoms with van der Waals surface area (Å²) in [5, 5.41) is 4.07. The van der Waals surface area contributed by atoms with Gasteiger partial charge in [0.25, 0.3) is 0 Å². The Morgan fingerprint density at radius 2 is 2.15 bits per heavy atom. The summed E-state index contributed by atoms with van der Waals surface area (Å²) >= 11 is 1.76. The number of para-hydroxylation sites is 2. The second kappa shape index (κ2) is 7.52. The summed E-state index contributed by atoms with van der Waals surface area (Å²) < 4.78 is 5.31. The zero-order valence-electron chi connectivity index (χ0n) is 15.5. The van der Waals surface area contributed by atoms with E-state index in [2.05, 4.69) is 15.3 Å². The van der Waals surface area contributed by atoms with Gasteiger partial charge in [0.1, 0.15) is 22.7 Å². The van der Waals surface area contributed by atoms with E-state index in [4.69, 9.17) is 4.74 Å². The molecule has 0 atom stereocenters. The Labute approximate surface area is 162 Å². The molecule has 3 aromatic rings. The van der Waals surface area contributed by atoms with Crippen molar-refractivity contribution in [1.82, 2.24) is 9.97 Å². The van der Waals surface area contributed by atoms with Crippen LogP contribution in [0.2, 0.25) is 0 Å². The number of hydrogen-bond acceptors (Lipinski definition) is 6. The number of hydrogen-bond donors (Lipinski definition) is 1. The van der Waals surface area contributed by atoms with Crippen LogP contribution in [0.4, 0.5) is 11.5 Å². The lowest BCUT2D eigenvalue weighted by Gasteiger charge is -2.22. The first-order valence-electron chi connectivity index (χ1n) is 9.14. The normalized spacial score (nSPS) is 12.8. The first kappa shape index (κ1) is 17.7. The number of aromatic nitrogens is 2. The fourth-order valence-corrected chi connectivity index (χ4v) is 4.82. The number of methoxy groups -OCH3 is 1. The third-order valence-corrected chi connectivity index (χ3v) is 6.08. The smallest absolute Gasteiger partial charge is 0.244 e. The van der Waals surface area contributed by atoms with Crippen LogP contribution in [0.25, 0.3) is 10.2 Å². The molecule has 140 valence electrons. The molecule has 0 saturated heterocycles. The van der Waals surface area contributed by atoms with Crippen LogP contribution < -0.4 is 15.0 Å². The maximum atomic E-state index is 12.7. The molecule has 0 unspecified atom stereocenters. The van der Waals surface area contributed by atoms with Gasteiger partial charge in [0.15, 0.2) is 0 Å². The minimum Gasteiger partial charge on any atom is -0.495 e. The first-order chi connectivity index (χ1) is 13.2. The van der Waals surface area contributed by atoms with E-state index in [1.165, 1.54) is 16.9 Å². The number of benzene rings is 1. The van der Waals surface area contributed by atoms with Crippen LogP contribution in [0.15, 0.2) is 30.6 Å². The van der Waals surface area contributed by atoms with Gasteiger partial charge in [0.05, 0.1) is 24.7 Å². The SMILES string of the molecule is CCN(CC(=O)Nc1ccccc1OC)c1ncnc2sc3c(c12)CCC3. The molecule has 1 aliphatic rings. The van der Waals surface area contributed by atoms with Crippen LogP contribution >= 0.6 is 11.3 Å². The number of carbonyl (C=O) groups is 1. The lowest BCUT2D eigenvalue weighted by Crippen LogP contribution is -2.34. The van der Waals surface area contributed by atoms with Crippen LogP contribution in [0, 0.1) is 0 Å². The van der Waals surface area contributed by atoms with Crippen molar-refractivity contribution in [2.24, 2.45) is 0 Å². The molecule has 1 amide bonds. The number of rotatable bonds is 6. The number of carbonyl (C=O) groups excluding carboxylic acids is 1. The molecule has 6 nitrogen and oxygen atoms in total. The van der Waals surface area contributed by atoms with E-state index in [9.17, 15) is 4.79 Å². The molecule has 1 aliphatic carbocycles. The number of likely N-dealkylation sites (N-methyl/N-ethyl adjacent to an activating group) is 1. The Kier molecular flexibility index (Phi) is 4.94. The van der Waals surface area contributed by atoms with Gasteiger partial charge in [0.2, 0.25) is 5.91 Å². The van der Waals surface area contributed by atoms with Crippen molar-refractivity contribution in [3.8, 4) is 5.75 Å². The lowest BCUT2D eigenvalue weighted by atomic mass is 10.2. The average molecular weight is 382 g/mol. The minimum absolute atomic E-state index is 0.0972. The molecule has 0 fully saturated rings. The minimum atomic E-state index is -0.0972. The van der Waals surface area contributed by atoms with Gasteiger partial charge in [-0.05, 0) is 43.9 Å². The Morgan fingerprint density at radius 1 is 1.30 bits per heavy atom. The maximum Gasteiger partial charge on any atom is 0.244 e. The number of thiophene rings is 1. The highest BCUT2D eigenvalue weighted by molar-refractivity contribution is 7.19. The summed E-state index contributed by atoms with van der Waals surface area (Å²) in [6.45, 7) is 2.96. The zero-order chi connectivity index (χ0) is 18.8. The second-order valence-electron chi connectivity index (χ2n) is 6.50. The Hall–Kier alpha value is -2.67. The van der Waals surface area contributed by atoms with E-state index in [1.54, 1.807) is 24.8 Å². The molecule has 0 saturated carbocycles. The van der Waals surface area contributed by atoms with Gasteiger partial charge in [-0.15, -0.1) is 11.3 Å². The Bertz CT molecular complexity index is 985. The van der Waals surface area contributed by atoms with E-state index in [0.717, 1.165) is 28.9 Å². The van der Waals surface area contributed by atoms with Crippen molar-refractivity contribution >= 4 is 39.0 Å². The first-order valence-corrected chi connectivity index (χ1v) is 9.96. The molecule has 1 N–H and O–H groups in total. The molecule has 1 aromatic carbocycles. The monoisotopic (exact) mass is 382 g/mol. The van der Waals surface area contributed by atoms with Gasteiger partial charge in [-0.25, -0.2) is 9.97 Å². The highest BCUT2D eigenvalue weighted by Crippen LogP contribution is 2.40. The van der Waals surface area contributed by atoms with Gasteiger partial charge in [-0.2, -0.15) is 0 Å². The number of ether oxygens (including phenoxy) is 1. The molecule has 7 heteroatoms. The van der Waals surface area contributed by atoms with E-state index >= 15 is 0 Å². The number of aryl methyl sites for hydroxylation is 2. The van der Waals surface area contributed by atoms with E-state index in [-0.39, 0.29) is 12.5 Å². The summed E-state index contributed by atoms with van der Waals surface area (Å²) in [7, 11) is 1.60. The summed E-state index contributed by atoms with van der Waals surface area (Å²) in [4.78, 5) is 26.1. The molecule has 2 heterocycles. The topological polar surface area (TPSA) is 67.4 Å². The van der Waals surface area contributed by atoms with Crippen molar-refractivity contribution in [3.05, 3.63) is 41.0 Å². The standard InChI is InChI=1S/C20H22N4O2S/c1-3-24(11-17(25)23-14-8-4-5-9-15(14)26-2)19-18-13-7-6-10-16(13)27-20(18)22-12-21-19/h4-5,8-9,12H,3,6-7,10-11H2,1-2H3,(H,23,25). The lowest BCUT2D eigenvalue weighted by molar-refractivity contribution is -0.115. The number of nitrogens with zero attached hydrogens (tertiary/aromatic N) is 3. The predicted octanol–water partition coefficient (Wildman–Crippen LogP) is 3.65. The summed E-state index contributed by atoms with van der Waals surface area (Å²) in [6, 6.07) is 7.41. The quantitative estimate of drug-likeness (QED) is 0.705. The fraction of sp³-hybridized carbons (Fsp3) is 0.350. The number of fused-ring (bicyclic) bond motifs is 3. The van der Waals surface area contributed by atoms with Crippen LogP contribution in [-0.2, 0) is 17.6 Å². The number of nitrogens with one attached hydrogen (secondary N) is 1. The van der Waals surface area contributed by atoms with Gasteiger partial charge >= 0.3 is 0 Å². The van der Waals surface area contributed by atoms with E-state index in [0.29, 0.717) is 18.0 Å². The highest BCUT2D eigenvalue weighted by Gasteiger charge is 2.24. The molecule has 0 radical (unpaired) electrons. The summed E-state index contributed by atoms with van der Waals surface area (Å²) in [5.41, 5.74) is 2.04. The third kappa shape index (κ3) is 3.35. The Balaban J connectivity index is 1.60. The maximum absolute atomic E-state index is 12.7. The largest absolute Gasteiger partial charge is 0.495 e. The van der Waals surface area contributed by atoms with Crippen LogP contribution in [-0.4, -0.2) is 36.1 Å². The summed E-state index contributed by atoms with van der Waals surface area (Å²) in [6.07, 6.45) is 4.98. The number of amides is 1. The second-order valence-corrected chi connectivity index (χ2v) is 7.58. The van der Waals surface area contributed by atoms with Crippen LogP contribution in [0.1, 0.15) is 23.8 Å². The van der Waals surface area contributed by atoms with Gasteiger partial charge in [0, 0.05) is 11.4 Å². The third-order valence-electron chi connectivity index (χ3n) is 4.88. The molecule has 0 aliphatic heterocycles. The predicted molar refractivity (Wildman–Crippen MR) is 109 cm³/mol. The highest BCUT2D eigenvalue weighted by atomic mass is 32.1. The van der Waals surface area contributed by atoms with Crippen molar-refractivity contribution in [2.75, 3.05) is 30.4 Å². The van der Waals surface area contributed by atoms with Crippen molar-refractivity contribution < 1.29 is 9.53 Å². The molecule has 0 bridgehead atoms. The summed E-state index contributed by atoms with van der Waals surface area (Å²) in [5.74, 6) is 1.41. The van der Waals surface area contributed by atoms with Crippen LogP contribution in [0.5, 0.6) is 5.75 Å². The van der Waals surface area contributed by atoms with Crippen molar-refractivity contribution in [1.29, 1.82) is 0 Å². The average Bonchev–Trinajstić information content (AvgIpc) is 3.27. The van der Waals surface area contributed by atoms with Gasteiger partial charge < -0.3 is 15.0 Å². The van der Waals surface area contributed by atoms with Crippen molar-refractivity contribution in [2.45, 2.75) is 26.2 Å². The fourth-order valence-electron chi connectivity index (χ4n) is 3.60. The molecule has 2 aromatic heterocycles. The van der Waals surface area contributed by atoms with Crippen molar-refractivity contribution in [3.63, 3.8) is 0 Å². The molecular weight excluding hydrogens is 360 g/mol. The number of anilines is 2. The molecule has 4 rings (SSSR count). The Morgan fingerprint density at radius 3 is 2.96 bits per heavy atom. The molecular formula is C20H22N4O2S. The molecule has 0 spiro atoms. The van der Waals surface area contributed by atoms with Gasteiger partial charge in [-0.3, -0.25) is 4.79 Å².